The third kappa shape index (κ3) is 4.25. The Labute approximate surface area is 181 Å². The van der Waals surface area contributed by atoms with E-state index in [4.69, 9.17) is 9.47 Å². The third-order valence-electron chi connectivity index (χ3n) is 4.36. The highest BCUT2D eigenvalue weighted by molar-refractivity contribution is 6.14. The second-order valence-corrected chi connectivity index (χ2v) is 6.55. The van der Waals surface area contributed by atoms with Crippen LogP contribution < -0.4 is 14.2 Å². The molecule has 0 saturated heterocycles. The van der Waals surface area contributed by atoms with E-state index in [0.717, 1.165) is 0 Å². The SMILES string of the molecule is O=C(COc1c(F)c(F)c(F)c(F)c1F)Oc1ccc2c(c1)O/C(=C\c1cccnc1)C2=O. The standard InChI is InChI=1S/C22H10F5NO5/c23-16-17(24)19(26)22(20(27)18(16)25)31-9-15(29)32-11-3-4-12-13(7-11)33-14(21(12)30)6-10-2-1-5-28-8-10/h1-8H,9H2/b14-6-. The van der Waals surface area contributed by atoms with Crippen molar-refractivity contribution in [3.8, 4) is 17.2 Å². The molecule has 0 unspecified atom stereocenters. The molecule has 0 N–H and O–H groups in total. The van der Waals surface area contributed by atoms with E-state index in [9.17, 15) is 31.5 Å². The van der Waals surface area contributed by atoms with Gasteiger partial charge in [0.1, 0.15) is 11.5 Å². The van der Waals surface area contributed by atoms with Gasteiger partial charge in [0.25, 0.3) is 0 Å². The summed E-state index contributed by atoms with van der Waals surface area (Å²) in [5.41, 5.74) is 0.813. The average molecular weight is 463 g/mol. The molecule has 1 aliphatic rings. The molecule has 0 aliphatic carbocycles. The third-order valence-corrected chi connectivity index (χ3v) is 4.36. The molecule has 168 valence electrons. The minimum atomic E-state index is -2.36. The number of allylic oxidation sites excluding steroid dienone is 1. The monoisotopic (exact) mass is 463 g/mol. The molecule has 0 radical (unpaired) electrons. The Kier molecular flexibility index (Phi) is 5.78. The number of carbonyl (C=O) groups excluding carboxylic acids is 2. The fourth-order valence-electron chi connectivity index (χ4n) is 2.85. The lowest BCUT2D eigenvalue weighted by molar-refractivity contribution is -0.136. The van der Waals surface area contributed by atoms with Crippen LogP contribution in [-0.2, 0) is 4.79 Å². The first-order valence-corrected chi connectivity index (χ1v) is 9.09. The molecular weight excluding hydrogens is 453 g/mol. The van der Waals surface area contributed by atoms with Gasteiger partial charge in [-0.05, 0) is 29.8 Å². The molecule has 0 saturated carbocycles. The number of aromatic nitrogens is 1. The maximum Gasteiger partial charge on any atom is 0.349 e. The zero-order chi connectivity index (χ0) is 23.7. The summed E-state index contributed by atoms with van der Waals surface area (Å²) in [6.45, 7) is -1.17. The second-order valence-electron chi connectivity index (χ2n) is 6.55. The van der Waals surface area contributed by atoms with Gasteiger partial charge in [0.05, 0.1) is 5.56 Å². The highest BCUT2D eigenvalue weighted by Gasteiger charge is 2.29. The van der Waals surface area contributed by atoms with Gasteiger partial charge in [0.2, 0.25) is 34.9 Å². The average Bonchev–Trinajstić information content (AvgIpc) is 3.11. The smallest absolute Gasteiger partial charge is 0.349 e. The van der Waals surface area contributed by atoms with Crippen molar-refractivity contribution in [1.29, 1.82) is 0 Å². The van der Waals surface area contributed by atoms with E-state index in [1.807, 2.05) is 0 Å². The van der Waals surface area contributed by atoms with E-state index >= 15 is 0 Å². The zero-order valence-corrected chi connectivity index (χ0v) is 16.2. The minimum absolute atomic E-state index is 0.0103. The molecule has 1 aromatic heterocycles. The number of ether oxygens (including phenoxy) is 3. The van der Waals surface area contributed by atoms with Crippen molar-refractivity contribution in [2.24, 2.45) is 0 Å². The van der Waals surface area contributed by atoms with Crippen molar-refractivity contribution in [2.75, 3.05) is 6.61 Å². The van der Waals surface area contributed by atoms with Crippen LogP contribution in [0.2, 0.25) is 0 Å². The maximum absolute atomic E-state index is 13.6. The lowest BCUT2D eigenvalue weighted by Crippen LogP contribution is -2.19. The number of ketones is 1. The van der Waals surface area contributed by atoms with Crippen LogP contribution >= 0.6 is 0 Å². The van der Waals surface area contributed by atoms with Crippen molar-refractivity contribution in [3.63, 3.8) is 0 Å². The van der Waals surface area contributed by atoms with Gasteiger partial charge in [-0.25, -0.2) is 18.0 Å². The molecule has 0 bridgehead atoms. The van der Waals surface area contributed by atoms with Crippen LogP contribution in [0.15, 0.2) is 48.5 Å². The number of carbonyl (C=O) groups is 2. The molecule has 0 atom stereocenters. The zero-order valence-electron chi connectivity index (χ0n) is 16.2. The fraction of sp³-hybridized carbons (Fsp3) is 0.0455. The van der Waals surface area contributed by atoms with Gasteiger partial charge in [-0.2, -0.15) is 8.78 Å². The van der Waals surface area contributed by atoms with Crippen LogP contribution in [0.25, 0.3) is 6.08 Å². The lowest BCUT2D eigenvalue weighted by atomic mass is 10.1. The molecule has 4 rings (SSSR count). The highest BCUT2D eigenvalue weighted by Crippen LogP contribution is 2.35. The first kappa shape index (κ1) is 21.9. The number of Topliss-reactive ketones (excluding diaryl/α,β-unsaturated/α-hetero) is 1. The van der Waals surface area contributed by atoms with E-state index in [1.54, 1.807) is 18.3 Å². The lowest BCUT2D eigenvalue weighted by Gasteiger charge is -2.10. The van der Waals surface area contributed by atoms with Crippen LogP contribution in [0.3, 0.4) is 0 Å². The van der Waals surface area contributed by atoms with Crippen molar-refractivity contribution in [3.05, 3.63) is 88.7 Å². The summed E-state index contributed by atoms with van der Waals surface area (Å²) in [4.78, 5) is 28.3. The number of hydrogen-bond donors (Lipinski definition) is 0. The van der Waals surface area contributed by atoms with Crippen LogP contribution in [0.1, 0.15) is 15.9 Å². The van der Waals surface area contributed by atoms with Gasteiger partial charge >= 0.3 is 5.97 Å². The van der Waals surface area contributed by atoms with Gasteiger partial charge in [0, 0.05) is 18.5 Å². The molecule has 2 heterocycles. The topological polar surface area (TPSA) is 74.7 Å². The number of nitrogens with zero attached hydrogens (tertiary/aromatic N) is 1. The number of hydrogen-bond acceptors (Lipinski definition) is 6. The fourth-order valence-corrected chi connectivity index (χ4v) is 2.85. The van der Waals surface area contributed by atoms with Crippen molar-refractivity contribution in [2.45, 2.75) is 0 Å². The van der Waals surface area contributed by atoms with Gasteiger partial charge in [-0.3, -0.25) is 9.78 Å². The Morgan fingerprint density at radius 3 is 2.36 bits per heavy atom. The Morgan fingerprint density at radius 2 is 1.70 bits per heavy atom. The first-order chi connectivity index (χ1) is 15.8. The molecule has 1 aliphatic heterocycles. The summed E-state index contributed by atoms with van der Waals surface area (Å²) in [5, 5.41) is 0. The molecular formula is C22H10F5NO5. The predicted molar refractivity (Wildman–Crippen MR) is 101 cm³/mol. The van der Waals surface area contributed by atoms with E-state index in [2.05, 4.69) is 9.72 Å². The van der Waals surface area contributed by atoms with E-state index in [-0.39, 0.29) is 22.8 Å². The molecule has 0 amide bonds. The number of rotatable bonds is 5. The Bertz CT molecular complexity index is 1280. The molecule has 11 heteroatoms. The molecule has 33 heavy (non-hydrogen) atoms. The number of fused-ring (bicyclic) bond motifs is 1. The molecule has 0 fully saturated rings. The predicted octanol–water partition coefficient (Wildman–Crippen LogP) is 4.38. The van der Waals surface area contributed by atoms with Crippen LogP contribution in [0.5, 0.6) is 17.2 Å². The Morgan fingerprint density at radius 1 is 1.00 bits per heavy atom. The first-order valence-electron chi connectivity index (χ1n) is 9.09. The van der Waals surface area contributed by atoms with Gasteiger partial charge in [-0.1, -0.05) is 6.07 Å². The number of pyridine rings is 1. The largest absolute Gasteiger partial charge is 0.476 e. The number of esters is 1. The van der Waals surface area contributed by atoms with Crippen molar-refractivity contribution >= 4 is 17.8 Å². The second kappa shape index (κ2) is 8.69. The van der Waals surface area contributed by atoms with Crippen LogP contribution in [0.4, 0.5) is 22.0 Å². The van der Waals surface area contributed by atoms with E-state index < -0.39 is 53.2 Å². The van der Waals surface area contributed by atoms with Crippen LogP contribution in [-0.4, -0.2) is 23.3 Å². The number of halogens is 5. The van der Waals surface area contributed by atoms with E-state index in [1.165, 1.54) is 30.5 Å². The van der Waals surface area contributed by atoms with Gasteiger partial charge in [-0.15, -0.1) is 0 Å². The maximum atomic E-state index is 13.6. The molecule has 0 spiro atoms. The van der Waals surface area contributed by atoms with E-state index in [0.29, 0.717) is 5.56 Å². The molecule has 2 aromatic carbocycles. The quantitative estimate of drug-likeness (QED) is 0.140. The summed E-state index contributed by atoms with van der Waals surface area (Å²) >= 11 is 0. The summed E-state index contributed by atoms with van der Waals surface area (Å²) in [7, 11) is 0. The highest BCUT2D eigenvalue weighted by atomic mass is 19.2. The van der Waals surface area contributed by atoms with Crippen molar-refractivity contribution in [1.82, 2.24) is 4.98 Å². The van der Waals surface area contributed by atoms with Gasteiger partial charge in [0.15, 0.2) is 18.1 Å². The Hall–Kier alpha value is -4.28. The van der Waals surface area contributed by atoms with Crippen molar-refractivity contribution < 1.29 is 45.8 Å². The molecule has 6 nitrogen and oxygen atoms in total. The Balaban J connectivity index is 1.45. The van der Waals surface area contributed by atoms with Gasteiger partial charge < -0.3 is 14.2 Å². The molecule has 3 aromatic rings. The summed E-state index contributed by atoms with van der Waals surface area (Å²) in [5.74, 6) is -14.5. The van der Waals surface area contributed by atoms with Crippen LogP contribution in [0, 0.1) is 29.1 Å². The minimum Gasteiger partial charge on any atom is -0.476 e. The summed E-state index contributed by atoms with van der Waals surface area (Å²) < 4.78 is 81.5. The summed E-state index contributed by atoms with van der Waals surface area (Å²) in [6, 6.07) is 7.18. The summed E-state index contributed by atoms with van der Waals surface area (Å²) in [6.07, 6.45) is 4.55. The number of benzene rings is 2. The normalized spacial score (nSPS) is 13.6.